The lowest BCUT2D eigenvalue weighted by Gasteiger charge is -1.94. The molecule has 0 aromatic carbocycles. The zero-order chi connectivity index (χ0) is 7.23. The first-order valence-corrected chi connectivity index (χ1v) is 3.55. The van der Waals surface area contributed by atoms with Crippen LogP contribution in [0.15, 0.2) is 12.4 Å². The normalized spacial score (nSPS) is 10.1. The molecule has 3 nitrogen and oxygen atoms in total. The lowest BCUT2D eigenvalue weighted by atomic mass is 10.2. The van der Waals surface area contributed by atoms with Gasteiger partial charge in [-0.2, -0.15) is 5.10 Å². The van der Waals surface area contributed by atoms with E-state index in [2.05, 4.69) is 15.5 Å². The van der Waals surface area contributed by atoms with Crippen LogP contribution in [0.4, 0.5) is 0 Å². The maximum absolute atomic E-state index is 3.86. The number of rotatable bonds is 4. The monoisotopic (exact) mass is 139 g/mol. The highest BCUT2D eigenvalue weighted by molar-refractivity contribution is 5.01. The third-order valence-electron chi connectivity index (χ3n) is 1.45. The summed E-state index contributed by atoms with van der Waals surface area (Å²) in [5.41, 5.74) is 1.29. The van der Waals surface area contributed by atoms with E-state index in [1.54, 1.807) is 0 Å². The molecule has 0 fully saturated rings. The first-order valence-electron chi connectivity index (χ1n) is 3.55. The van der Waals surface area contributed by atoms with E-state index in [0.717, 1.165) is 13.0 Å². The highest BCUT2D eigenvalue weighted by atomic mass is 15.1. The molecule has 10 heavy (non-hydrogen) atoms. The van der Waals surface area contributed by atoms with Gasteiger partial charge in [0, 0.05) is 6.20 Å². The minimum Gasteiger partial charge on any atom is -0.320 e. The van der Waals surface area contributed by atoms with Gasteiger partial charge in [0.15, 0.2) is 0 Å². The highest BCUT2D eigenvalue weighted by Crippen LogP contribution is 1.96. The molecule has 0 saturated heterocycles. The number of nitrogens with one attached hydrogen (secondary N) is 2. The minimum atomic E-state index is 1.07. The molecule has 0 aliphatic heterocycles. The van der Waals surface area contributed by atoms with Gasteiger partial charge in [0.1, 0.15) is 0 Å². The fourth-order valence-corrected chi connectivity index (χ4v) is 0.884. The van der Waals surface area contributed by atoms with Gasteiger partial charge in [0.05, 0.1) is 6.20 Å². The number of H-pyrrole nitrogens is 1. The van der Waals surface area contributed by atoms with E-state index in [0.29, 0.717) is 0 Å². The maximum atomic E-state index is 3.86. The second-order valence-electron chi connectivity index (χ2n) is 2.31. The van der Waals surface area contributed by atoms with E-state index < -0.39 is 0 Å². The molecular weight excluding hydrogens is 126 g/mol. The van der Waals surface area contributed by atoms with Crippen molar-refractivity contribution in [3.8, 4) is 0 Å². The Hall–Kier alpha value is -0.830. The average Bonchev–Trinajstić information content (AvgIpc) is 2.41. The van der Waals surface area contributed by atoms with Gasteiger partial charge in [-0.3, -0.25) is 5.10 Å². The van der Waals surface area contributed by atoms with Gasteiger partial charge in [-0.1, -0.05) is 0 Å². The second-order valence-corrected chi connectivity index (χ2v) is 2.31. The molecule has 1 aromatic heterocycles. The largest absolute Gasteiger partial charge is 0.320 e. The lowest BCUT2D eigenvalue weighted by Crippen LogP contribution is -2.08. The molecule has 1 heterocycles. The summed E-state index contributed by atoms with van der Waals surface area (Å²) in [6, 6.07) is 0. The van der Waals surface area contributed by atoms with Crippen LogP contribution in [0.2, 0.25) is 0 Å². The quantitative estimate of drug-likeness (QED) is 0.598. The van der Waals surface area contributed by atoms with Crippen LogP contribution in [-0.4, -0.2) is 23.8 Å². The van der Waals surface area contributed by atoms with Crippen LogP contribution in [0.1, 0.15) is 12.0 Å². The second kappa shape index (κ2) is 4.06. The smallest absolute Gasteiger partial charge is 0.0519 e. The molecule has 0 bridgehead atoms. The van der Waals surface area contributed by atoms with Gasteiger partial charge in [-0.15, -0.1) is 0 Å². The van der Waals surface area contributed by atoms with Crippen LogP contribution in [-0.2, 0) is 6.42 Å². The standard InChI is InChI=1S/C7H13N3/c1-8-4-2-3-7-5-9-10-6-7/h5-6,8H,2-4H2,1H3,(H,9,10). The van der Waals surface area contributed by atoms with Crippen molar-refractivity contribution in [1.29, 1.82) is 0 Å². The summed E-state index contributed by atoms with van der Waals surface area (Å²) >= 11 is 0. The van der Waals surface area contributed by atoms with Crippen LogP contribution < -0.4 is 5.32 Å². The number of hydrogen-bond donors (Lipinski definition) is 2. The Morgan fingerprint density at radius 1 is 1.70 bits per heavy atom. The van der Waals surface area contributed by atoms with Gasteiger partial charge in [-0.05, 0) is 32.0 Å². The fourth-order valence-electron chi connectivity index (χ4n) is 0.884. The molecule has 0 radical (unpaired) electrons. The molecule has 0 unspecified atom stereocenters. The molecule has 3 heteroatoms. The van der Waals surface area contributed by atoms with Gasteiger partial charge < -0.3 is 5.32 Å². The van der Waals surface area contributed by atoms with E-state index in [1.807, 2.05) is 19.4 Å². The number of hydrogen-bond acceptors (Lipinski definition) is 2. The predicted molar refractivity (Wildman–Crippen MR) is 40.8 cm³/mol. The zero-order valence-corrected chi connectivity index (χ0v) is 6.22. The van der Waals surface area contributed by atoms with E-state index in [-0.39, 0.29) is 0 Å². The first kappa shape index (κ1) is 7.28. The van der Waals surface area contributed by atoms with Crippen molar-refractivity contribution >= 4 is 0 Å². The number of aromatic amines is 1. The van der Waals surface area contributed by atoms with Crippen LogP contribution in [0, 0.1) is 0 Å². The number of nitrogens with zero attached hydrogens (tertiary/aromatic N) is 1. The van der Waals surface area contributed by atoms with E-state index in [1.165, 1.54) is 12.0 Å². The molecular formula is C7H13N3. The third kappa shape index (κ3) is 2.19. The van der Waals surface area contributed by atoms with Crippen molar-refractivity contribution < 1.29 is 0 Å². The van der Waals surface area contributed by atoms with Gasteiger partial charge in [0.25, 0.3) is 0 Å². The molecule has 56 valence electrons. The minimum absolute atomic E-state index is 1.07. The molecule has 0 saturated carbocycles. The van der Waals surface area contributed by atoms with Gasteiger partial charge in [-0.25, -0.2) is 0 Å². The summed E-state index contributed by atoms with van der Waals surface area (Å²) in [7, 11) is 1.97. The Bertz CT molecular complexity index is 157. The summed E-state index contributed by atoms with van der Waals surface area (Å²) < 4.78 is 0. The summed E-state index contributed by atoms with van der Waals surface area (Å²) in [6.45, 7) is 1.07. The van der Waals surface area contributed by atoms with Gasteiger partial charge in [0.2, 0.25) is 0 Å². The molecule has 0 amide bonds. The van der Waals surface area contributed by atoms with Crippen LogP contribution >= 0.6 is 0 Å². The van der Waals surface area contributed by atoms with Crippen molar-refractivity contribution in [2.24, 2.45) is 0 Å². The number of aromatic nitrogens is 2. The highest BCUT2D eigenvalue weighted by Gasteiger charge is 1.91. The van der Waals surface area contributed by atoms with Crippen molar-refractivity contribution in [2.75, 3.05) is 13.6 Å². The Kier molecular flexibility index (Phi) is 2.96. The summed E-state index contributed by atoms with van der Waals surface area (Å²) in [5.74, 6) is 0. The number of aryl methyl sites for hydroxylation is 1. The Balaban J connectivity index is 2.15. The molecule has 1 rings (SSSR count). The first-order chi connectivity index (χ1) is 4.93. The summed E-state index contributed by atoms with van der Waals surface area (Å²) in [4.78, 5) is 0. The summed E-state index contributed by atoms with van der Waals surface area (Å²) in [6.07, 6.45) is 6.10. The van der Waals surface area contributed by atoms with Crippen molar-refractivity contribution in [3.63, 3.8) is 0 Å². The zero-order valence-electron chi connectivity index (χ0n) is 6.22. The van der Waals surface area contributed by atoms with Crippen molar-refractivity contribution in [1.82, 2.24) is 15.5 Å². The fraction of sp³-hybridized carbons (Fsp3) is 0.571. The average molecular weight is 139 g/mol. The van der Waals surface area contributed by atoms with Crippen molar-refractivity contribution in [2.45, 2.75) is 12.8 Å². The molecule has 1 aromatic rings. The Labute approximate surface area is 60.8 Å². The SMILES string of the molecule is CNCCCc1cn[nH]c1. The van der Waals surface area contributed by atoms with Crippen LogP contribution in [0.5, 0.6) is 0 Å². The Morgan fingerprint density at radius 2 is 2.60 bits per heavy atom. The van der Waals surface area contributed by atoms with E-state index >= 15 is 0 Å². The van der Waals surface area contributed by atoms with Crippen LogP contribution in [0.25, 0.3) is 0 Å². The van der Waals surface area contributed by atoms with Crippen molar-refractivity contribution in [3.05, 3.63) is 18.0 Å². The van der Waals surface area contributed by atoms with Crippen LogP contribution in [0.3, 0.4) is 0 Å². The van der Waals surface area contributed by atoms with Gasteiger partial charge >= 0.3 is 0 Å². The molecule has 2 N–H and O–H groups in total. The third-order valence-corrected chi connectivity index (χ3v) is 1.45. The van der Waals surface area contributed by atoms with E-state index in [4.69, 9.17) is 0 Å². The molecule has 0 aliphatic carbocycles. The Morgan fingerprint density at radius 3 is 3.20 bits per heavy atom. The molecule has 0 atom stereocenters. The predicted octanol–water partition coefficient (Wildman–Crippen LogP) is 0.562. The maximum Gasteiger partial charge on any atom is 0.0519 e. The molecule has 0 spiro atoms. The molecule has 0 aliphatic rings. The summed E-state index contributed by atoms with van der Waals surface area (Å²) in [5, 5.41) is 9.74. The topological polar surface area (TPSA) is 40.7 Å². The van der Waals surface area contributed by atoms with E-state index in [9.17, 15) is 0 Å². The lowest BCUT2D eigenvalue weighted by molar-refractivity contribution is 0.725.